The van der Waals surface area contributed by atoms with E-state index >= 15 is 0 Å². The Morgan fingerprint density at radius 2 is 1.55 bits per heavy atom. The fourth-order valence-corrected chi connectivity index (χ4v) is 2.38. The molecule has 0 aromatic heterocycles. The molecule has 0 aliphatic carbocycles. The molecule has 2 rings (SSSR count). The number of hydrogen-bond acceptors (Lipinski definition) is 7. The van der Waals surface area contributed by atoms with Crippen LogP contribution in [0.4, 0.5) is 5.69 Å². The highest BCUT2D eigenvalue weighted by molar-refractivity contribution is 5.93. The zero-order valence-corrected chi connectivity index (χ0v) is 16.7. The van der Waals surface area contributed by atoms with Gasteiger partial charge < -0.3 is 29.0 Å². The highest BCUT2D eigenvalue weighted by Gasteiger charge is 2.10. The summed E-state index contributed by atoms with van der Waals surface area (Å²) in [5, 5.41) is 2.63. The van der Waals surface area contributed by atoms with Gasteiger partial charge in [-0.05, 0) is 43.3 Å². The number of amides is 1. The summed E-state index contributed by atoms with van der Waals surface area (Å²) in [7, 11) is 3.02. The lowest BCUT2D eigenvalue weighted by Gasteiger charge is -2.11. The number of carbonyl (C=O) groups excluding carboxylic acids is 2. The monoisotopic (exact) mass is 403 g/mol. The van der Waals surface area contributed by atoms with E-state index in [-0.39, 0.29) is 13.0 Å². The van der Waals surface area contributed by atoms with Gasteiger partial charge in [-0.1, -0.05) is 0 Å². The molecule has 1 N–H and O–H groups in total. The van der Waals surface area contributed by atoms with Crippen molar-refractivity contribution in [1.29, 1.82) is 0 Å². The molecule has 29 heavy (non-hydrogen) atoms. The van der Waals surface area contributed by atoms with Crippen LogP contribution in [0, 0.1) is 0 Å². The zero-order chi connectivity index (χ0) is 21.1. The van der Waals surface area contributed by atoms with E-state index in [1.165, 1.54) is 14.2 Å². The topological polar surface area (TPSA) is 92.3 Å². The van der Waals surface area contributed by atoms with Crippen LogP contribution in [0.1, 0.15) is 13.3 Å². The van der Waals surface area contributed by atoms with E-state index in [9.17, 15) is 9.59 Å². The lowest BCUT2D eigenvalue weighted by molar-refractivity contribution is -0.147. The van der Waals surface area contributed by atoms with Crippen molar-refractivity contribution in [2.75, 3.05) is 39.4 Å². The van der Waals surface area contributed by atoms with Crippen molar-refractivity contribution in [1.82, 2.24) is 0 Å². The molecule has 2 aromatic carbocycles. The Labute approximate surface area is 169 Å². The lowest BCUT2D eigenvalue weighted by atomic mass is 10.2. The third kappa shape index (κ3) is 7.25. The van der Waals surface area contributed by atoms with Gasteiger partial charge in [-0.3, -0.25) is 9.59 Å². The zero-order valence-electron chi connectivity index (χ0n) is 16.7. The Morgan fingerprint density at radius 3 is 2.17 bits per heavy atom. The number of esters is 1. The summed E-state index contributed by atoms with van der Waals surface area (Å²) in [6.07, 6.45) is 0.0247. The van der Waals surface area contributed by atoms with Gasteiger partial charge in [0.25, 0.3) is 5.91 Å². The van der Waals surface area contributed by atoms with Crippen molar-refractivity contribution in [3.63, 3.8) is 0 Å². The third-order valence-electron chi connectivity index (χ3n) is 3.74. The summed E-state index contributed by atoms with van der Waals surface area (Å²) in [6, 6.07) is 12.0. The Bertz CT molecular complexity index is 805. The van der Waals surface area contributed by atoms with Crippen molar-refractivity contribution in [3.05, 3.63) is 42.5 Å². The van der Waals surface area contributed by atoms with E-state index in [1.54, 1.807) is 42.5 Å². The Balaban J connectivity index is 1.69. The second-order valence-corrected chi connectivity index (χ2v) is 5.78. The summed E-state index contributed by atoms with van der Waals surface area (Å²) in [5.41, 5.74) is 0.502. The van der Waals surface area contributed by atoms with Crippen LogP contribution >= 0.6 is 0 Å². The van der Waals surface area contributed by atoms with E-state index in [1.807, 2.05) is 6.92 Å². The molecule has 0 fully saturated rings. The van der Waals surface area contributed by atoms with Gasteiger partial charge in [0.2, 0.25) is 0 Å². The average molecular weight is 403 g/mol. The van der Waals surface area contributed by atoms with Crippen LogP contribution in [0.25, 0.3) is 0 Å². The normalized spacial score (nSPS) is 10.0. The highest BCUT2D eigenvalue weighted by atomic mass is 16.5. The number of hydrogen-bond donors (Lipinski definition) is 1. The fourth-order valence-electron chi connectivity index (χ4n) is 2.38. The molecule has 0 heterocycles. The molecular formula is C21H25NO7. The second kappa shape index (κ2) is 11.4. The number of ether oxygens (including phenoxy) is 5. The summed E-state index contributed by atoms with van der Waals surface area (Å²) >= 11 is 0. The molecule has 0 saturated heterocycles. The number of nitrogens with one attached hydrogen (secondary N) is 1. The molecule has 0 aliphatic rings. The minimum absolute atomic E-state index is 0.0247. The third-order valence-corrected chi connectivity index (χ3v) is 3.74. The van der Waals surface area contributed by atoms with E-state index in [0.29, 0.717) is 29.5 Å². The molecule has 0 radical (unpaired) electrons. The first kappa shape index (κ1) is 21.9. The predicted octanol–water partition coefficient (Wildman–Crippen LogP) is 3.05. The molecule has 0 spiro atoms. The Morgan fingerprint density at radius 1 is 0.897 bits per heavy atom. The van der Waals surface area contributed by atoms with Crippen LogP contribution in [-0.2, 0) is 14.3 Å². The number of rotatable bonds is 11. The summed E-state index contributed by atoms with van der Waals surface area (Å²) in [6.45, 7) is 2.25. The van der Waals surface area contributed by atoms with E-state index < -0.39 is 18.5 Å². The van der Waals surface area contributed by atoms with Crippen molar-refractivity contribution < 1.29 is 33.3 Å². The Kier molecular flexibility index (Phi) is 8.62. The molecule has 0 aliphatic heterocycles. The van der Waals surface area contributed by atoms with Crippen LogP contribution in [0.15, 0.2) is 42.5 Å². The SMILES string of the molecule is CCOc1ccc(OCCC(=O)OCC(=O)Nc2ccc(OC)c(OC)c2)cc1. The highest BCUT2D eigenvalue weighted by Crippen LogP contribution is 2.29. The fraction of sp³-hybridized carbons (Fsp3) is 0.333. The van der Waals surface area contributed by atoms with E-state index in [2.05, 4.69) is 5.32 Å². The molecule has 0 atom stereocenters. The number of anilines is 1. The van der Waals surface area contributed by atoms with Gasteiger partial charge in [-0.2, -0.15) is 0 Å². The summed E-state index contributed by atoms with van der Waals surface area (Å²) < 4.78 is 26.1. The summed E-state index contributed by atoms with van der Waals surface area (Å²) in [4.78, 5) is 23.7. The molecule has 2 aromatic rings. The van der Waals surface area contributed by atoms with Crippen LogP contribution in [0.3, 0.4) is 0 Å². The van der Waals surface area contributed by atoms with Gasteiger partial charge in [0.15, 0.2) is 18.1 Å². The maximum absolute atomic E-state index is 11.9. The minimum atomic E-state index is -0.529. The Hall–Kier alpha value is -3.42. The van der Waals surface area contributed by atoms with Crippen LogP contribution in [-0.4, -0.2) is 45.9 Å². The number of carbonyl (C=O) groups is 2. The van der Waals surface area contributed by atoms with E-state index in [0.717, 1.165) is 5.75 Å². The van der Waals surface area contributed by atoms with Gasteiger partial charge in [-0.25, -0.2) is 0 Å². The van der Waals surface area contributed by atoms with Crippen molar-refractivity contribution in [2.45, 2.75) is 13.3 Å². The maximum atomic E-state index is 11.9. The van der Waals surface area contributed by atoms with Crippen molar-refractivity contribution >= 4 is 17.6 Å². The van der Waals surface area contributed by atoms with E-state index in [4.69, 9.17) is 23.7 Å². The molecule has 156 valence electrons. The molecule has 0 unspecified atom stereocenters. The summed E-state index contributed by atoms with van der Waals surface area (Å²) in [5.74, 6) is 1.40. The van der Waals surface area contributed by atoms with Crippen LogP contribution in [0.5, 0.6) is 23.0 Å². The van der Waals surface area contributed by atoms with Gasteiger partial charge >= 0.3 is 5.97 Å². The largest absolute Gasteiger partial charge is 0.494 e. The minimum Gasteiger partial charge on any atom is -0.494 e. The van der Waals surface area contributed by atoms with Gasteiger partial charge in [0.1, 0.15) is 11.5 Å². The van der Waals surface area contributed by atoms with Crippen LogP contribution in [0.2, 0.25) is 0 Å². The number of methoxy groups -OCH3 is 2. The second-order valence-electron chi connectivity index (χ2n) is 5.78. The smallest absolute Gasteiger partial charge is 0.309 e. The van der Waals surface area contributed by atoms with Gasteiger partial charge in [0, 0.05) is 11.8 Å². The van der Waals surface area contributed by atoms with Gasteiger partial charge in [-0.15, -0.1) is 0 Å². The maximum Gasteiger partial charge on any atom is 0.309 e. The first-order valence-electron chi connectivity index (χ1n) is 9.09. The molecular weight excluding hydrogens is 378 g/mol. The first-order chi connectivity index (χ1) is 14.0. The molecule has 8 nitrogen and oxygen atoms in total. The van der Waals surface area contributed by atoms with Crippen molar-refractivity contribution in [2.24, 2.45) is 0 Å². The standard InChI is InChI=1S/C21H25NO7/c1-4-27-16-6-8-17(9-7-16)28-12-11-21(24)29-14-20(23)22-15-5-10-18(25-2)19(13-15)26-3/h5-10,13H,4,11-12,14H2,1-3H3,(H,22,23). The predicted molar refractivity (Wildman–Crippen MR) is 107 cm³/mol. The van der Waals surface area contributed by atoms with Crippen molar-refractivity contribution in [3.8, 4) is 23.0 Å². The van der Waals surface area contributed by atoms with Gasteiger partial charge in [0.05, 0.1) is 33.9 Å². The van der Waals surface area contributed by atoms with Crippen LogP contribution < -0.4 is 24.3 Å². The molecule has 8 heteroatoms. The average Bonchev–Trinajstić information content (AvgIpc) is 2.73. The molecule has 1 amide bonds. The molecule has 0 saturated carbocycles. The number of benzene rings is 2. The quantitative estimate of drug-likeness (QED) is 0.577. The molecule has 0 bridgehead atoms. The first-order valence-corrected chi connectivity index (χ1v) is 9.09. The lowest BCUT2D eigenvalue weighted by Crippen LogP contribution is -2.21.